The predicted molar refractivity (Wildman–Crippen MR) is 90.6 cm³/mol. The zero-order valence-electron chi connectivity index (χ0n) is 13.4. The Kier molecular flexibility index (Phi) is 6.00. The number of nitrogens with one attached hydrogen (secondary N) is 1. The van der Waals surface area contributed by atoms with Crippen molar-refractivity contribution >= 4 is 17.7 Å². The molecule has 8 heteroatoms. The molecule has 1 aromatic heterocycles. The highest BCUT2D eigenvalue weighted by atomic mass is 32.2. The zero-order valence-corrected chi connectivity index (χ0v) is 14.3. The van der Waals surface area contributed by atoms with E-state index in [9.17, 15) is 4.79 Å². The lowest BCUT2D eigenvalue weighted by Crippen LogP contribution is -2.33. The van der Waals surface area contributed by atoms with Crippen LogP contribution in [0.5, 0.6) is 0 Å². The van der Waals surface area contributed by atoms with Crippen molar-refractivity contribution in [1.29, 1.82) is 0 Å². The van der Waals surface area contributed by atoms with Gasteiger partial charge >= 0.3 is 0 Å². The van der Waals surface area contributed by atoms with E-state index in [1.807, 2.05) is 31.2 Å². The lowest BCUT2D eigenvalue weighted by molar-refractivity contribution is -0.120. The molecule has 2 aromatic rings. The van der Waals surface area contributed by atoms with Gasteiger partial charge in [0.15, 0.2) is 5.82 Å². The molecular weight excluding hydrogens is 314 g/mol. The largest absolute Gasteiger partial charge is 0.383 e. The number of ether oxygens (including phenoxy) is 1. The van der Waals surface area contributed by atoms with Gasteiger partial charge in [-0.15, -0.1) is 10.2 Å². The first-order valence-corrected chi connectivity index (χ1v) is 8.12. The summed E-state index contributed by atoms with van der Waals surface area (Å²) >= 11 is 1.27. The number of methoxy groups -OCH3 is 1. The van der Waals surface area contributed by atoms with E-state index in [-0.39, 0.29) is 11.2 Å². The molecule has 0 saturated carbocycles. The molecule has 0 saturated heterocycles. The summed E-state index contributed by atoms with van der Waals surface area (Å²) in [5, 5.41) is 11.2. The molecule has 0 fully saturated rings. The molecule has 1 amide bonds. The molecule has 124 valence electrons. The Labute approximate surface area is 139 Å². The second-order valence-corrected chi connectivity index (χ2v) is 6.34. The summed E-state index contributed by atoms with van der Waals surface area (Å²) in [6, 6.07) is 7.81. The van der Waals surface area contributed by atoms with Crippen molar-refractivity contribution in [2.75, 3.05) is 26.1 Å². The van der Waals surface area contributed by atoms with Crippen molar-refractivity contribution in [1.82, 2.24) is 20.2 Å². The topological polar surface area (TPSA) is 95.1 Å². The van der Waals surface area contributed by atoms with Crippen LogP contribution >= 0.6 is 11.8 Å². The van der Waals surface area contributed by atoms with Gasteiger partial charge in [0.25, 0.3) is 0 Å². The van der Waals surface area contributed by atoms with E-state index in [0.717, 1.165) is 11.1 Å². The average molecular weight is 335 g/mol. The second-order valence-electron chi connectivity index (χ2n) is 5.04. The number of aromatic nitrogens is 3. The van der Waals surface area contributed by atoms with Crippen LogP contribution in [0, 0.1) is 6.92 Å². The van der Waals surface area contributed by atoms with Crippen LogP contribution in [-0.2, 0) is 9.53 Å². The fraction of sp³-hybridized carbons (Fsp3) is 0.400. The standard InChI is InChI=1S/C15H21N5O2S/c1-10-6-4-5-7-12(10)13-18-19-15(20(13)16)23-11(2)14(21)17-8-9-22-3/h4-7,11H,8-9,16H2,1-3H3,(H,17,21)/t11-/m1/s1. The monoisotopic (exact) mass is 335 g/mol. The fourth-order valence-corrected chi connectivity index (χ4v) is 2.79. The molecule has 1 heterocycles. The Balaban J connectivity index is 2.08. The Bertz CT molecular complexity index is 674. The van der Waals surface area contributed by atoms with Crippen LogP contribution in [0.3, 0.4) is 0 Å². The van der Waals surface area contributed by atoms with Gasteiger partial charge in [-0.2, -0.15) is 0 Å². The molecular formula is C15H21N5O2S. The van der Waals surface area contributed by atoms with Crippen LogP contribution in [0.15, 0.2) is 29.4 Å². The minimum atomic E-state index is -0.330. The molecule has 0 aliphatic carbocycles. The number of nitrogens with zero attached hydrogens (tertiary/aromatic N) is 3. The van der Waals surface area contributed by atoms with E-state index in [2.05, 4.69) is 15.5 Å². The number of carbonyl (C=O) groups is 1. The van der Waals surface area contributed by atoms with Crippen LogP contribution in [0.4, 0.5) is 0 Å². The fourth-order valence-electron chi connectivity index (χ4n) is 2.00. The number of nitrogens with two attached hydrogens (primary N) is 1. The maximum absolute atomic E-state index is 12.0. The number of hydrogen-bond donors (Lipinski definition) is 2. The Hall–Kier alpha value is -2.06. The summed E-state index contributed by atoms with van der Waals surface area (Å²) in [5.41, 5.74) is 1.99. The van der Waals surface area contributed by atoms with Gasteiger partial charge in [0.2, 0.25) is 11.1 Å². The van der Waals surface area contributed by atoms with Gasteiger partial charge in [0.05, 0.1) is 11.9 Å². The predicted octanol–water partition coefficient (Wildman–Crippen LogP) is 1.21. The van der Waals surface area contributed by atoms with Crippen LogP contribution in [0.2, 0.25) is 0 Å². The second kappa shape index (κ2) is 7.98. The zero-order chi connectivity index (χ0) is 16.8. The summed E-state index contributed by atoms with van der Waals surface area (Å²) < 4.78 is 6.33. The minimum Gasteiger partial charge on any atom is -0.383 e. The summed E-state index contributed by atoms with van der Waals surface area (Å²) in [7, 11) is 1.59. The van der Waals surface area contributed by atoms with E-state index >= 15 is 0 Å². The molecule has 0 unspecified atom stereocenters. The van der Waals surface area contributed by atoms with E-state index in [1.54, 1.807) is 14.0 Å². The number of benzene rings is 1. The first-order valence-electron chi connectivity index (χ1n) is 7.24. The third kappa shape index (κ3) is 4.23. The number of aryl methyl sites for hydroxylation is 1. The van der Waals surface area contributed by atoms with Crippen LogP contribution in [0.25, 0.3) is 11.4 Å². The normalized spacial score (nSPS) is 12.1. The van der Waals surface area contributed by atoms with Gasteiger partial charge < -0.3 is 15.9 Å². The van der Waals surface area contributed by atoms with Gasteiger partial charge in [-0.05, 0) is 19.4 Å². The van der Waals surface area contributed by atoms with Gasteiger partial charge in [-0.1, -0.05) is 36.0 Å². The summed E-state index contributed by atoms with van der Waals surface area (Å²) in [5.74, 6) is 6.58. The molecule has 0 aliphatic rings. The molecule has 1 atom stereocenters. The number of amides is 1. The molecule has 0 radical (unpaired) electrons. The van der Waals surface area contributed by atoms with E-state index in [4.69, 9.17) is 10.6 Å². The molecule has 1 aromatic carbocycles. The van der Waals surface area contributed by atoms with Crippen molar-refractivity contribution in [3.8, 4) is 11.4 Å². The van der Waals surface area contributed by atoms with Crippen molar-refractivity contribution in [2.45, 2.75) is 24.3 Å². The van der Waals surface area contributed by atoms with E-state index in [1.165, 1.54) is 16.4 Å². The number of carbonyl (C=O) groups excluding carboxylic acids is 1. The average Bonchev–Trinajstić information content (AvgIpc) is 2.89. The molecule has 2 rings (SSSR count). The van der Waals surface area contributed by atoms with Crippen LogP contribution < -0.4 is 11.2 Å². The lowest BCUT2D eigenvalue weighted by Gasteiger charge is -2.11. The maximum Gasteiger partial charge on any atom is 0.233 e. The highest BCUT2D eigenvalue weighted by Gasteiger charge is 2.20. The van der Waals surface area contributed by atoms with Gasteiger partial charge in [-0.3, -0.25) is 4.79 Å². The van der Waals surface area contributed by atoms with E-state index < -0.39 is 0 Å². The molecule has 0 aliphatic heterocycles. The molecule has 0 spiro atoms. The number of thioether (sulfide) groups is 1. The van der Waals surface area contributed by atoms with Gasteiger partial charge in [0.1, 0.15) is 0 Å². The third-order valence-corrected chi connectivity index (χ3v) is 4.36. The first kappa shape index (κ1) is 17.3. The smallest absolute Gasteiger partial charge is 0.233 e. The number of rotatable bonds is 7. The number of hydrogen-bond acceptors (Lipinski definition) is 6. The molecule has 0 bridgehead atoms. The van der Waals surface area contributed by atoms with Crippen molar-refractivity contribution in [2.24, 2.45) is 0 Å². The van der Waals surface area contributed by atoms with E-state index in [0.29, 0.717) is 24.1 Å². The van der Waals surface area contributed by atoms with Crippen LogP contribution in [-0.4, -0.2) is 46.3 Å². The van der Waals surface area contributed by atoms with Crippen molar-refractivity contribution in [3.63, 3.8) is 0 Å². The summed E-state index contributed by atoms with van der Waals surface area (Å²) in [6.45, 7) is 4.75. The SMILES string of the molecule is COCCNC(=O)[C@@H](C)Sc1nnc(-c2ccccc2C)n1N. The third-order valence-electron chi connectivity index (χ3n) is 3.31. The minimum absolute atomic E-state index is 0.0903. The quantitative estimate of drug-likeness (QED) is 0.449. The Morgan fingerprint density at radius 1 is 1.43 bits per heavy atom. The van der Waals surface area contributed by atoms with Crippen molar-refractivity contribution in [3.05, 3.63) is 29.8 Å². The molecule has 3 N–H and O–H groups in total. The lowest BCUT2D eigenvalue weighted by atomic mass is 10.1. The Morgan fingerprint density at radius 3 is 2.87 bits per heavy atom. The van der Waals surface area contributed by atoms with Crippen LogP contribution in [0.1, 0.15) is 12.5 Å². The van der Waals surface area contributed by atoms with Crippen molar-refractivity contribution < 1.29 is 9.53 Å². The number of nitrogen functional groups attached to an aromatic ring is 1. The first-order chi connectivity index (χ1) is 11.0. The summed E-state index contributed by atoms with van der Waals surface area (Å²) in [4.78, 5) is 12.0. The highest BCUT2D eigenvalue weighted by molar-refractivity contribution is 8.00. The highest BCUT2D eigenvalue weighted by Crippen LogP contribution is 2.26. The van der Waals surface area contributed by atoms with Gasteiger partial charge in [0, 0.05) is 19.2 Å². The van der Waals surface area contributed by atoms with Gasteiger partial charge in [-0.25, -0.2) is 4.68 Å². The molecule has 23 heavy (non-hydrogen) atoms. The molecule has 7 nitrogen and oxygen atoms in total. The Morgan fingerprint density at radius 2 is 2.17 bits per heavy atom. The summed E-state index contributed by atoms with van der Waals surface area (Å²) in [6.07, 6.45) is 0. The maximum atomic E-state index is 12.0.